The Morgan fingerprint density at radius 1 is 1.25 bits per heavy atom. The van der Waals surface area contributed by atoms with Crippen molar-refractivity contribution in [2.24, 2.45) is 10.9 Å². The average molecular weight is 393 g/mol. The Labute approximate surface area is 139 Å². The van der Waals surface area contributed by atoms with E-state index in [0.717, 1.165) is 32.1 Å². The highest BCUT2D eigenvalue weighted by molar-refractivity contribution is 14.0. The van der Waals surface area contributed by atoms with E-state index in [1.807, 2.05) is 12.5 Å². The maximum absolute atomic E-state index is 4.64. The molecule has 116 valence electrons. The number of halogens is 1. The standard InChI is InChI=1S/C14H27N5.HI/c1-4-13(5-2)11-18-14(16-6-3)17-8-10-19-9-7-15-12-19;/h7,9,12-13H,4-6,8,10-11H2,1-3H3,(H2,16,17,18);1H. The van der Waals surface area contributed by atoms with Crippen LogP contribution in [-0.4, -0.2) is 35.1 Å². The fourth-order valence-electron chi connectivity index (χ4n) is 1.83. The van der Waals surface area contributed by atoms with Crippen molar-refractivity contribution < 1.29 is 0 Å². The molecule has 0 radical (unpaired) electrons. The molecule has 20 heavy (non-hydrogen) atoms. The predicted molar refractivity (Wildman–Crippen MR) is 95.7 cm³/mol. The SMILES string of the molecule is CCNC(=NCC(CC)CC)NCCn1ccnc1.I. The summed E-state index contributed by atoms with van der Waals surface area (Å²) in [6, 6.07) is 0. The van der Waals surface area contributed by atoms with Crippen LogP contribution >= 0.6 is 24.0 Å². The van der Waals surface area contributed by atoms with Crippen LogP contribution in [0.15, 0.2) is 23.7 Å². The van der Waals surface area contributed by atoms with Gasteiger partial charge in [-0.2, -0.15) is 0 Å². The second-order valence-corrected chi connectivity index (χ2v) is 4.63. The van der Waals surface area contributed by atoms with Gasteiger partial charge in [0.1, 0.15) is 0 Å². The van der Waals surface area contributed by atoms with Crippen LogP contribution in [0.3, 0.4) is 0 Å². The molecule has 0 saturated heterocycles. The summed E-state index contributed by atoms with van der Waals surface area (Å²) in [5, 5.41) is 6.63. The van der Waals surface area contributed by atoms with E-state index in [1.54, 1.807) is 6.20 Å². The molecule has 0 aromatic carbocycles. The highest BCUT2D eigenvalue weighted by atomic mass is 127. The molecule has 1 aromatic heterocycles. The lowest BCUT2D eigenvalue weighted by Gasteiger charge is -2.14. The molecule has 0 fully saturated rings. The zero-order chi connectivity index (χ0) is 13.9. The monoisotopic (exact) mass is 393 g/mol. The zero-order valence-corrected chi connectivity index (χ0v) is 15.1. The van der Waals surface area contributed by atoms with E-state index >= 15 is 0 Å². The number of imidazole rings is 1. The van der Waals surface area contributed by atoms with E-state index in [4.69, 9.17) is 0 Å². The summed E-state index contributed by atoms with van der Waals surface area (Å²) < 4.78 is 2.05. The van der Waals surface area contributed by atoms with Crippen LogP contribution in [0.25, 0.3) is 0 Å². The van der Waals surface area contributed by atoms with Crippen LogP contribution in [-0.2, 0) is 6.54 Å². The van der Waals surface area contributed by atoms with Crippen LogP contribution in [0.2, 0.25) is 0 Å². The summed E-state index contributed by atoms with van der Waals surface area (Å²) in [5.41, 5.74) is 0. The fraction of sp³-hybridized carbons (Fsp3) is 0.714. The van der Waals surface area contributed by atoms with Crippen LogP contribution in [0.1, 0.15) is 33.6 Å². The van der Waals surface area contributed by atoms with E-state index < -0.39 is 0 Å². The van der Waals surface area contributed by atoms with Gasteiger partial charge in [-0.05, 0) is 12.8 Å². The number of nitrogens with zero attached hydrogens (tertiary/aromatic N) is 3. The molecule has 0 bridgehead atoms. The highest BCUT2D eigenvalue weighted by Crippen LogP contribution is 2.06. The first-order chi connectivity index (χ1) is 9.30. The Morgan fingerprint density at radius 3 is 2.55 bits per heavy atom. The Kier molecular flexibility index (Phi) is 11.5. The lowest BCUT2D eigenvalue weighted by Crippen LogP contribution is -2.39. The molecule has 2 N–H and O–H groups in total. The van der Waals surface area contributed by atoms with E-state index in [1.165, 1.54) is 12.8 Å². The maximum Gasteiger partial charge on any atom is 0.191 e. The first-order valence-corrected chi connectivity index (χ1v) is 7.28. The van der Waals surface area contributed by atoms with Crippen molar-refractivity contribution in [2.75, 3.05) is 19.6 Å². The summed E-state index contributed by atoms with van der Waals surface area (Å²) in [6.45, 7) is 10.1. The maximum atomic E-state index is 4.64. The van der Waals surface area contributed by atoms with Gasteiger partial charge >= 0.3 is 0 Å². The number of hydrogen-bond donors (Lipinski definition) is 2. The third kappa shape index (κ3) is 7.72. The van der Waals surface area contributed by atoms with Gasteiger partial charge in [-0.25, -0.2) is 4.98 Å². The van der Waals surface area contributed by atoms with Crippen molar-refractivity contribution in [3.8, 4) is 0 Å². The molecular weight excluding hydrogens is 365 g/mol. The van der Waals surface area contributed by atoms with Crippen molar-refractivity contribution in [3.05, 3.63) is 18.7 Å². The molecule has 0 saturated carbocycles. The van der Waals surface area contributed by atoms with Crippen molar-refractivity contribution in [1.82, 2.24) is 20.2 Å². The Balaban J connectivity index is 0.00000361. The summed E-state index contributed by atoms with van der Waals surface area (Å²) in [7, 11) is 0. The third-order valence-corrected chi connectivity index (χ3v) is 3.23. The minimum Gasteiger partial charge on any atom is -0.357 e. The molecule has 0 atom stereocenters. The summed E-state index contributed by atoms with van der Waals surface area (Å²) in [4.78, 5) is 8.67. The average Bonchev–Trinajstić information content (AvgIpc) is 2.93. The van der Waals surface area contributed by atoms with Gasteiger partial charge in [0.25, 0.3) is 0 Å². The highest BCUT2D eigenvalue weighted by Gasteiger charge is 2.03. The van der Waals surface area contributed by atoms with Gasteiger partial charge in [-0.1, -0.05) is 26.7 Å². The Bertz CT molecular complexity index is 346. The summed E-state index contributed by atoms with van der Waals surface area (Å²) in [6.07, 6.45) is 7.97. The van der Waals surface area contributed by atoms with Gasteiger partial charge in [-0.15, -0.1) is 24.0 Å². The molecule has 0 aliphatic carbocycles. The van der Waals surface area contributed by atoms with Crippen LogP contribution in [0, 0.1) is 5.92 Å². The zero-order valence-electron chi connectivity index (χ0n) is 12.8. The molecule has 0 aliphatic rings. The Morgan fingerprint density at radius 2 is 2.00 bits per heavy atom. The van der Waals surface area contributed by atoms with Crippen LogP contribution in [0.4, 0.5) is 0 Å². The molecule has 6 heteroatoms. The molecule has 5 nitrogen and oxygen atoms in total. The van der Waals surface area contributed by atoms with Crippen molar-refractivity contribution in [2.45, 2.75) is 40.2 Å². The summed E-state index contributed by atoms with van der Waals surface area (Å²) >= 11 is 0. The normalized spacial score (nSPS) is 11.3. The molecule has 0 aliphatic heterocycles. The number of hydrogen-bond acceptors (Lipinski definition) is 2. The summed E-state index contributed by atoms with van der Waals surface area (Å²) in [5.74, 6) is 1.60. The van der Waals surface area contributed by atoms with Crippen LogP contribution < -0.4 is 10.6 Å². The molecule has 0 amide bonds. The van der Waals surface area contributed by atoms with Gasteiger partial charge in [0.2, 0.25) is 0 Å². The van der Waals surface area contributed by atoms with Gasteiger partial charge in [0.15, 0.2) is 5.96 Å². The Hall–Kier alpha value is -0.790. The molecule has 1 rings (SSSR count). The predicted octanol–water partition coefficient (Wildman–Crippen LogP) is 2.49. The van der Waals surface area contributed by atoms with Crippen molar-refractivity contribution in [1.29, 1.82) is 0 Å². The molecule has 0 spiro atoms. The smallest absolute Gasteiger partial charge is 0.191 e. The second-order valence-electron chi connectivity index (χ2n) is 4.63. The number of aliphatic imine (C=N–C) groups is 1. The third-order valence-electron chi connectivity index (χ3n) is 3.23. The number of aromatic nitrogens is 2. The fourth-order valence-corrected chi connectivity index (χ4v) is 1.83. The lowest BCUT2D eigenvalue weighted by atomic mass is 10.0. The van der Waals surface area contributed by atoms with Gasteiger partial charge in [0.05, 0.1) is 6.33 Å². The molecule has 0 unspecified atom stereocenters. The first-order valence-electron chi connectivity index (χ1n) is 7.28. The molecule has 1 heterocycles. The van der Waals surface area contributed by atoms with E-state index in [0.29, 0.717) is 5.92 Å². The first kappa shape index (κ1) is 19.2. The molecular formula is C14H28IN5. The number of nitrogens with one attached hydrogen (secondary N) is 2. The minimum atomic E-state index is 0. The van der Waals surface area contributed by atoms with Gasteiger partial charge in [-0.3, -0.25) is 4.99 Å². The van der Waals surface area contributed by atoms with Gasteiger partial charge < -0.3 is 15.2 Å². The van der Waals surface area contributed by atoms with E-state index in [2.05, 4.69) is 45.9 Å². The molecule has 1 aromatic rings. The van der Waals surface area contributed by atoms with E-state index in [-0.39, 0.29) is 24.0 Å². The topological polar surface area (TPSA) is 54.2 Å². The quantitative estimate of drug-likeness (QED) is 0.406. The number of guanidine groups is 1. The van der Waals surface area contributed by atoms with Crippen molar-refractivity contribution >= 4 is 29.9 Å². The lowest BCUT2D eigenvalue weighted by molar-refractivity contribution is 0.503. The van der Waals surface area contributed by atoms with Crippen LogP contribution in [0.5, 0.6) is 0 Å². The van der Waals surface area contributed by atoms with Gasteiger partial charge in [0, 0.05) is 38.6 Å². The van der Waals surface area contributed by atoms with E-state index in [9.17, 15) is 0 Å². The second kappa shape index (κ2) is 12.0. The number of rotatable bonds is 8. The minimum absolute atomic E-state index is 0. The largest absolute Gasteiger partial charge is 0.357 e. The van der Waals surface area contributed by atoms with Crippen molar-refractivity contribution in [3.63, 3.8) is 0 Å².